The molecule has 9 heteroatoms. The Morgan fingerprint density at radius 2 is 2.14 bits per heavy atom. The number of benzene rings is 1. The van der Waals surface area contributed by atoms with E-state index in [9.17, 15) is 25.3 Å². The quantitative estimate of drug-likeness (QED) is 0.443. The third-order valence-corrected chi connectivity index (χ3v) is 4.08. The molecular formula is C19H20N4O5. The van der Waals surface area contributed by atoms with Crippen molar-refractivity contribution in [1.29, 1.82) is 5.26 Å². The van der Waals surface area contributed by atoms with Gasteiger partial charge in [-0.25, -0.2) is 4.99 Å². The average Bonchev–Trinajstić information content (AvgIpc) is 2.66. The number of aliphatic imine (C=N–C) groups is 1. The van der Waals surface area contributed by atoms with E-state index >= 15 is 0 Å². The number of hydrogen-bond acceptors (Lipinski definition) is 7. The van der Waals surface area contributed by atoms with E-state index in [2.05, 4.69) is 4.99 Å². The zero-order valence-corrected chi connectivity index (χ0v) is 15.8. The van der Waals surface area contributed by atoms with Gasteiger partial charge >= 0.3 is 0 Å². The molecule has 0 unspecified atom stereocenters. The summed E-state index contributed by atoms with van der Waals surface area (Å²) in [6, 6.07) is 6.09. The maximum Gasteiger partial charge on any atom is 0.298 e. The summed E-state index contributed by atoms with van der Waals surface area (Å²) in [5.74, 6) is 0.0103. The minimum atomic E-state index is -0.583. The number of nitro groups is 1. The average molecular weight is 384 g/mol. The number of nitro benzene ring substituents is 1. The molecule has 28 heavy (non-hydrogen) atoms. The van der Waals surface area contributed by atoms with Crippen LogP contribution in [-0.4, -0.2) is 27.4 Å². The number of hydrogen-bond donors (Lipinski definition) is 1. The van der Waals surface area contributed by atoms with Crippen molar-refractivity contribution in [3.8, 4) is 17.7 Å². The van der Waals surface area contributed by atoms with E-state index in [0.717, 1.165) is 4.57 Å². The number of nitriles is 1. The van der Waals surface area contributed by atoms with Crippen molar-refractivity contribution in [3.63, 3.8) is 0 Å². The van der Waals surface area contributed by atoms with E-state index in [1.807, 2.05) is 13.0 Å². The van der Waals surface area contributed by atoms with Crippen LogP contribution in [0, 0.1) is 28.4 Å². The molecule has 0 bridgehead atoms. The first-order chi connectivity index (χ1) is 13.3. The van der Waals surface area contributed by atoms with Gasteiger partial charge in [0.2, 0.25) is 5.88 Å². The fourth-order valence-electron chi connectivity index (χ4n) is 2.71. The third-order valence-electron chi connectivity index (χ3n) is 4.08. The number of pyridine rings is 1. The Balaban J connectivity index is 2.61. The van der Waals surface area contributed by atoms with Crippen molar-refractivity contribution in [3.05, 3.63) is 55.4 Å². The molecule has 0 saturated heterocycles. The summed E-state index contributed by atoms with van der Waals surface area (Å²) < 4.78 is 6.37. The number of ether oxygens (including phenoxy) is 1. The van der Waals surface area contributed by atoms with Gasteiger partial charge in [0.15, 0.2) is 0 Å². The van der Waals surface area contributed by atoms with E-state index in [4.69, 9.17) is 4.74 Å². The lowest BCUT2D eigenvalue weighted by Gasteiger charge is -2.13. The molecule has 9 nitrogen and oxygen atoms in total. The van der Waals surface area contributed by atoms with Crippen molar-refractivity contribution in [2.24, 2.45) is 4.99 Å². The Hall–Kier alpha value is -3.67. The number of rotatable bonds is 7. The van der Waals surface area contributed by atoms with Crippen molar-refractivity contribution >= 4 is 17.6 Å². The van der Waals surface area contributed by atoms with E-state index < -0.39 is 10.5 Å². The lowest BCUT2D eigenvalue weighted by Crippen LogP contribution is -2.25. The lowest BCUT2D eigenvalue weighted by molar-refractivity contribution is -0.384. The molecule has 146 valence electrons. The summed E-state index contributed by atoms with van der Waals surface area (Å²) in [5, 5.41) is 31.1. The van der Waals surface area contributed by atoms with E-state index in [-0.39, 0.29) is 40.5 Å². The predicted octanol–water partition coefficient (Wildman–Crippen LogP) is 3.20. The van der Waals surface area contributed by atoms with Crippen LogP contribution in [0.2, 0.25) is 0 Å². The molecule has 0 radical (unpaired) electrons. The van der Waals surface area contributed by atoms with Crippen LogP contribution in [0.4, 0.5) is 11.4 Å². The molecule has 0 atom stereocenters. The first-order valence-corrected chi connectivity index (χ1v) is 8.67. The SMILES string of the molecule is CCCn1c(O)c(C=Nc2ccc(OCC)cc2[N+](=O)[O-])c(C)c(C#N)c1=O. The number of nitrogens with zero attached hydrogens (tertiary/aromatic N) is 4. The second-order valence-corrected chi connectivity index (χ2v) is 5.90. The van der Waals surface area contributed by atoms with E-state index in [1.165, 1.54) is 25.3 Å². The van der Waals surface area contributed by atoms with Crippen LogP contribution >= 0.6 is 0 Å². The van der Waals surface area contributed by atoms with Gasteiger partial charge in [-0.15, -0.1) is 0 Å². The molecule has 1 heterocycles. The summed E-state index contributed by atoms with van der Waals surface area (Å²) >= 11 is 0. The largest absolute Gasteiger partial charge is 0.494 e. The van der Waals surface area contributed by atoms with Gasteiger partial charge in [0.1, 0.15) is 23.1 Å². The number of aromatic nitrogens is 1. The normalized spacial score (nSPS) is 10.8. The second kappa shape index (κ2) is 8.81. The number of aromatic hydroxyl groups is 1. The smallest absolute Gasteiger partial charge is 0.298 e. The van der Waals surface area contributed by atoms with Crippen LogP contribution < -0.4 is 10.3 Å². The molecule has 2 rings (SSSR count). The van der Waals surface area contributed by atoms with Gasteiger partial charge in [0.05, 0.1) is 23.2 Å². The Labute approximate surface area is 161 Å². The van der Waals surface area contributed by atoms with Crippen LogP contribution in [0.5, 0.6) is 11.6 Å². The Kier molecular flexibility index (Phi) is 6.50. The van der Waals surface area contributed by atoms with Crippen molar-refractivity contribution in [1.82, 2.24) is 4.57 Å². The van der Waals surface area contributed by atoms with Gasteiger partial charge in [-0.05, 0) is 38.0 Å². The summed E-state index contributed by atoms with van der Waals surface area (Å²) in [5.41, 5.74) is -0.472. The topological polar surface area (TPSA) is 131 Å². The van der Waals surface area contributed by atoms with Crippen LogP contribution in [0.25, 0.3) is 0 Å². The van der Waals surface area contributed by atoms with Crippen LogP contribution in [0.1, 0.15) is 37.0 Å². The lowest BCUT2D eigenvalue weighted by atomic mass is 10.1. The molecule has 0 fully saturated rings. The fourth-order valence-corrected chi connectivity index (χ4v) is 2.71. The Morgan fingerprint density at radius 1 is 1.43 bits per heavy atom. The first-order valence-electron chi connectivity index (χ1n) is 8.67. The van der Waals surface area contributed by atoms with Gasteiger partial charge in [0.25, 0.3) is 11.2 Å². The Bertz CT molecular complexity index is 1030. The molecule has 1 aromatic heterocycles. The standard InChI is InChI=1S/C19H20N4O5/c1-4-8-22-18(24)14(10-20)12(3)15(19(22)25)11-21-16-7-6-13(28-5-2)9-17(16)23(26)27/h6-7,9,11,25H,4-5,8H2,1-3H3. The van der Waals surface area contributed by atoms with Crippen molar-refractivity contribution in [2.75, 3.05) is 6.61 Å². The highest BCUT2D eigenvalue weighted by atomic mass is 16.6. The zero-order valence-electron chi connectivity index (χ0n) is 15.8. The molecule has 1 aromatic carbocycles. The summed E-state index contributed by atoms with van der Waals surface area (Å²) in [7, 11) is 0. The predicted molar refractivity (Wildman–Crippen MR) is 104 cm³/mol. The molecule has 0 spiro atoms. The van der Waals surface area contributed by atoms with Gasteiger partial charge in [-0.3, -0.25) is 19.5 Å². The molecule has 0 aliphatic carbocycles. The van der Waals surface area contributed by atoms with Crippen LogP contribution in [0.3, 0.4) is 0 Å². The molecule has 2 aromatic rings. The van der Waals surface area contributed by atoms with E-state index in [0.29, 0.717) is 18.8 Å². The highest BCUT2D eigenvalue weighted by Crippen LogP contribution is 2.32. The maximum absolute atomic E-state index is 12.3. The monoisotopic (exact) mass is 384 g/mol. The molecule has 0 saturated carbocycles. The Morgan fingerprint density at radius 3 is 2.71 bits per heavy atom. The highest BCUT2D eigenvalue weighted by Gasteiger charge is 2.19. The van der Waals surface area contributed by atoms with Gasteiger partial charge in [0, 0.05) is 12.8 Å². The van der Waals surface area contributed by atoms with Crippen molar-refractivity contribution < 1.29 is 14.8 Å². The van der Waals surface area contributed by atoms with Crippen LogP contribution in [0.15, 0.2) is 28.0 Å². The highest BCUT2D eigenvalue weighted by molar-refractivity contribution is 5.88. The summed E-state index contributed by atoms with van der Waals surface area (Å²) in [6.45, 7) is 5.70. The summed E-state index contributed by atoms with van der Waals surface area (Å²) in [6.07, 6.45) is 1.79. The maximum atomic E-state index is 12.3. The van der Waals surface area contributed by atoms with Gasteiger partial charge < -0.3 is 9.84 Å². The minimum Gasteiger partial charge on any atom is -0.494 e. The van der Waals surface area contributed by atoms with Crippen LogP contribution in [-0.2, 0) is 6.54 Å². The minimum absolute atomic E-state index is 0.0546. The van der Waals surface area contributed by atoms with Gasteiger partial charge in [-0.2, -0.15) is 5.26 Å². The summed E-state index contributed by atoms with van der Waals surface area (Å²) in [4.78, 5) is 27.2. The molecule has 1 N–H and O–H groups in total. The third kappa shape index (κ3) is 4.01. The first kappa shape index (κ1) is 20.6. The second-order valence-electron chi connectivity index (χ2n) is 5.90. The zero-order chi connectivity index (χ0) is 20.8. The molecule has 0 aliphatic heterocycles. The molecular weight excluding hydrogens is 364 g/mol. The molecule has 0 amide bonds. The van der Waals surface area contributed by atoms with Gasteiger partial charge in [-0.1, -0.05) is 6.92 Å². The fraction of sp³-hybridized carbons (Fsp3) is 0.316. The molecule has 0 aliphatic rings. The van der Waals surface area contributed by atoms with E-state index in [1.54, 1.807) is 13.0 Å². The van der Waals surface area contributed by atoms with Crippen molar-refractivity contribution in [2.45, 2.75) is 33.7 Å².